The number of dihydropyridines is 1. The Balaban J connectivity index is 1.48. The quantitative estimate of drug-likeness (QED) is 0.491. The van der Waals surface area contributed by atoms with Gasteiger partial charge in [-0.1, -0.05) is 18.4 Å². The summed E-state index contributed by atoms with van der Waals surface area (Å²) in [6, 6.07) is 7.87. The van der Waals surface area contributed by atoms with Crippen LogP contribution in [0, 0.1) is 18.8 Å². The molecule has 9 nitrogen and oxygen atoms in total. The molecule has 1 saturated heterocycles. The fourth-order valence-electron chi connectivity index (χ4n) is 6.20. The van der Waals surface area contributed by atoms with Crippen molar-refractivity contribution in [3.63, 3.8) is 0 Å². The lowest BCUT2D eigenvalue weighted by atomic mass is 9.94. The number of aliphatic imine (C=N–C) groups is 1. The van der Waals surface area contributed by atoms with Crippen LogP contribution in [-0.2, 0) is 14.3 Å². The summed E-state index contributed by atoms with van der Waals surface area (Å²) in [7, 11) is 0. The topological polar surface area (TPSA) is 104 Å². The summed E-state index contributed by atoms with van der Waals surface area (Å²) in [5, 5.41) is 2.98. The van der Waals surface area contributed by atoms with E-state index in [2.05, 4.69) is 15.2 Å². The van der Waals surface area contributed by atoms with Gasteiger partial charge in [0.05, 0.1) is 19.1 Å². The largest absolute Gasteiger partial charge is 0.378 e. The maximum Gasteiger partial charge on any atom is 0.254 e. The number of rotatable bonds is 8. The molecule has 222 valence electrons. The number of pyridine rings is 1. The summed E-state index contributed by atoms with van der Waals surface area (Å²) in [6.45, 7) is 11.2. The van der Waals surface area contributed by atoms with E-state index in [1.54, 1.807) is 6.92 Å². The third-order valence-corrected chi connectivity index (χ3v) is 8.66. The summed E-state index contributed by atoms with van der Waals surface area (Å²) in [4.78, 5) is 52.7. The van der Waals surface area contributed by atoms with Gasteiger partial charge in [0.15, 0.2) is 0 Å². The Hall–Kier alpha value is -3.85. The maximum atomic E-state index is 13.7. The van der Waals surface area contributed by atoms with Gasteiger partial charge < -0.3 is 19.9 Å². The van der Waals surface area contributed by atoms with Crippen molar-refractivity contribution in [1.82, 2.24) is 10.3 Å². The van der Waals surface area contributed by atoms with Crippen molar-refractivity contribution >= 4 is 34.9 Å². The van der Waals surface area contributed by atoms with Crippen molar-refractivity contribution in [1.29, 1.82) is 0 Å². The van der Waals surface area contributed by atoms with E-state index in [1.165, 1.54) is 0 Å². The lowest BCUT2D eigenvalue weighted by molar-refractivity contribution is -0.122. The van der Waals surface area contributed by atoms with E-state index < -0.39 is 5.92 Å². The van der Waals surface area contributed by atoms with E-state index >= 15 is 0 Å². The second-order valence-electron chi connectivity index (χ2n) is 11.5. The maximum absolute atomic E-state index is 13.7. The number of carbonyl (C=O) groups is 3. The Labute approximate surface area is 248 Å². The highest BCUT2D eigenvalue weighted by Crippen LogP contribution is 2.35. The van der Waals surface area contributed by atoms with Crippen LogP contribution in [0.3, 0.4) is 0 Å². The van der Waals surface area contributed by atoms with E-state index in [0.29, 0.717) is 31.0 Å². The Kier molecular flexibility index (Phi) is 9.16. The fraction of sp³-hybridized carbons (Fsp3) is 0.485. The number of nitrogens with one attached hydrogen (secondary N) is 1. The molecule has 42 heavy (non-hydrogen) atoms. The lowest BCUT2D eigenvalue weighted by Gasteiger charge is -2.28. The number of aromatic nitrogens is 1. The van der Waals surface area contributed by atoms with E-state index in [4.69, 9.17) is 9.72 Å². The van der Waals surface area contributed by atoms with Crippen LogP contribution in [0.2, 0.25) is 0 Å². The predicted molar refractivity (Wildman–Crippen MR) is 165 cm³/mol. The predicted octanol–water partition coefficient (Wildman–Crippen LogP) is 4.73. The third-order valence-electron chi connectivity index (χ3n) is 8.66. The van der Waals surface area contributed by atoms with Gasteiger partial charge in [-0.15, -0.1) is 0 Å². The Morgan fingerprint density at radius 2 is 1.81 bits per heavy atom. The molecule has 0 bridgehead atoms. The Bertz CT molecular complexity index is 1400. The zero-order valence-electron chi connectivity index (χ0n) is 25.1. The molecule has 3 aliphatic rings. The van der Waals surface area contributed by atoms with Gasteiger partial charge in [-0.3, -0.25) is 14.4 Å². The van der Waals surface area contributed by atoms with E-state index in [1.807, 2.05) is 62.2 Å². The van der Waals surface area contributed by atoms with E-state index in [9.17, 15) is 14.4 Å². The molecule has 2 aliphatic heterocycles. The molecule has 1 aromatic heterocycles. The molecular weight excluding hydrogens is 530 g/mol. The highest BCUT2D eigenvalue weighted by atomic mass is 16.5. The van der Waals surface area contributed by atoms with Crippen LogP contribution in [0.25, 0.3) is 11.1 Å². The molecule has 0 spiro atoms. The normalized spacial score (nSPS) is 19.4. The van der Waals surface area contributed by atoms with Crippen LogP contribution < -0.4 is 15.1 Å². The number of benzene rings is 1. The summed E-state index contributed by atoms with van der Waals surface area (Å²) in [6.07, 6.45) is 7.64. The average Bonchev–Trinajstić information content (AvgIpc) is 3.53. The van der Waals surface area contributed by atoms with Crippen LogP contribution in [0.15, 0.2) is 47.1 Å². The zero-order chi connectivity index (χ0) is 29.8. The first-order valence-electron chi connectivity index (χ1n) is 15.1. The number of allylic oxidation sites excluding steroid dienone is 1. The third kappa shape index (κ3) is 6.31. The Morgan fingerprint density at radius 3 is 2.45 bits per heavy atom. The molecule has 0 radical (unpaired) electrons. The molecular formula is C33H41N5O4. The van der Waals surface area contributed by atoms with Crippen molar-refractivity contribution in [3.05, 3.63) is 53.2 Å². The number of anilines is 2. The highest BCUT2D eigenvalue weighted by molar-refractivity contribution is 6.06. The standard InChI is InChI=1S/C33H41N5O4/c1-5-38(33(41)24-8-6-7-9-24)29-18-26(25-10-11-30(34-19-25)37-12-14-42-15-13-37)17-27(23(29)4)31(39)35-20-28-21(2)16-22(3)36-32(28)40/h10-11,16-19,24,28H,5-9,12-15,20H2,1-4H3,(H,35,39). The summed E-state index contributed by atoms with van der Waals surface area (Å²) < 4.78 is 5.47. The lowest BCUT2D eigenvalue weighted by Crippen LogP contribution is -2.37. The molecule has 2 aromatic rings. The van der Waals surface area contributed by atoms with Gasteiger partial charge >= 0.3 is 0 Å². The number of hydrogen-bond acceptors (Lipinski definition) is 6. The highest BCUT2D eigenvalue weighted by Gasteiger charge is 2.30. The monoisotopic (exact) mass is 571 g/mol. The average molecular weight is 572 g/mol. The first-order chi connectivity index (χ1) is 20.3. The minimum atomic E-state index is -0.492. The number of carbonyl (C=O) groups excluding carboxylic acids is 3. The molecule has 1 aromatic carbocycles. The molecule has 2 fully saturated rings. The van der Waals surface area contributed by atoms with Gasteiger partial charge in [0.25, 0.3) is 11.8 Å². The van der Waals surface area contributed by atoms with E-state index in [0.717, 1.165) is 72.5 Å². The van der Waals surface area contributed by atoms with Crippen molar-refractivity contribution in [2.45, 2.75) is 53.4 Å². The molecule has 1 aliphatic carbocycles. The minimum Gasteiger partial charge on any atom is -0.378 e. The molecule has 1 unspecified atom stereocenters. The zero-order valence-corrected chi connectivity index (χ0v) is 25.1. The summed E-state index contributed by atoms with van der Waals surface area (Å²) >= 11 is 0. The summed E-state index contributed by atoms with van der Waals surface area (Å²) in [5.41, 5.74) is 5.17. The van der Waals surface area contributed by atoms with Gasteiger partial charge in [0.2, 0.25) is 5.91 Å². The van der Waals surface area contributed by atoms with Crippen molar-refractivity contribution in [2.75, 3.05) is 49.2 Å². The van der Waals surface area contributed by atoms with Gasteiger partial charge in [-0.05, 0) is 82.0 Å². The molecule has 3 heterocycles. The van der Waals surface area contributed by atoms with Crippen molar-refractivity contribution < 1.29 is 19.1 Å². The van der Waals surface area contributed by atoms with Gasteiger partial charge in [0, 0.05) is 60.8 Å². The second kappa shape index (κ2) is 13.0. The Morgan fingerprint density at radius 1 is 1.07 bits per heavy atom. The minimum absolute atomic E-state index is 0.0100. The smallest absolute Gasteiger partial charge is 0.254 e. The number of hydrogen-bond donors (Lipinski definition) is 1. The molecule has 1 atom stereocenters. The summed E-state index contributed by atoms with van der Waals surface area (Å²) in [5.74, 6) is -0.0134. The molecule has 5 rings (SSSR count). The SMILES string of the molecule is CCN(C(=O)C1CCCC1)c1cc(-c2ccc(N3CCOCC3)nc2)cc(C(=O)NCC2C(=O)N=C(C)C=C2C)c1C. The van der Waals surface area contributed by atoms with Gasteiger partial charge in [-0.2, -0.15) is 0 Å². The van der Waals surface area contributed by atoms with Crippen LogP contribution in [0.1, 0.15) is 62.4 Å². The van der Waals surface area contributed by atoms with Crippen LogP contribution in [0.5, 0.6) is 0 Å². The van der Waals surface area contributed by atoms with Crippen molar-refractivity contribution in [2.24, 2.45) is 16.8 Å². The number of ether oxygens (including phenoxy) is 1. The van der Waals surface area contributed by atoms with E-state index in [-0.39, 0.29) is 30.2 Å². The first-order valence-corrected chi connectivity index (χ1v) is 15.1. The number of amides is 3. The van der Waals surface area contributed by atoms with Crippen LogP contribution >= 0.6 is 0 Å². The first kappa shape index (κ1) is 29.6. The van der Waals surface area contributed by atoms with Crippen molar-refractivity contribution in [3.8, 4) is 11.1 Å². The van der Waals surface area contributed by atoms with Crippen LogP contribution in [0.4, 0.5) is 11.5 Å². The molecule has 1 saturated carbocycles. The fourth-order valence-corrected chi connectivity index (χ4v) is 6.20. The second-order valence-corrected chi connectivity index (χ2v) is 11.5. The van der Waals surface area contributed by atoms with Crippen LogP contribution in [-0.4, -0.2) is 67.8 Å². The molecule has 3 amide bonds. The number of nitrogens with zero attached hydrogens (tertiary/aromatic N) is 4. The number of morpholine rings is 1. The van der Waals surface area contributed by atoms with Gasteiger partial charge in [0.1, 0.15) is 5.82 Å². The molecule has 1 N–H and O–H groups in total. The molecule has 9 heteroatoms. The van der Waals surface area contributed by atoms with Gasteiger partial charge in [-0.25, -0.2) is 9.98 Å².